The molecule has 1 aromatic carbocycles. The van der Waals surface area contributed by atoms with Crippen molar-refractivity contribution < 1.29 is 19.0 Å². The summed E-state index contributed by atoms with van der Waals surface area (Å²) < 4.78 is 18.7. The lowest BCUT2D eigenvalue weighted by Gasteiger charge is -2.36. The molecule has 3 N–H and O–H groups in total. The third kappa shape index (κ3) is 3.46. The highest BCUT2D eigenvalue weighted by molar-refractivity contribution is 5.83. The summed E-state index contributed by atoms with van der Waals surface area (Å²) in [6.07, 6.45) is 1.08. The number of β-amino-alcohol motifs (C(OH)–C–C–N with tert-alkyl or cyclic N) is 1. The van der Waals surface area contributed by atoms with Crippen molar-refractivity contribution in [2.45, 2.75) is 18.4 Å². The van der Waals surface area contributed by atoms with E-state index in [1.165, 1.54) is 6.07 Å². The van der Waals surface area contributed by atoms with Gasteiger partial charge in [0, 0.05) is 13.1 Å². The number of hydrogen-bond donors (Lipinski definition) is 2. The molecule has 20 heavy (non-hydrogen) atoms. The van der Waals surface area contributed by atoms with Crippen LogP contribution in [-0.4, -0.2) is 47.8 Å². The minimum atomic E-state index is -1.46. The Labute approximate surface area is 117 Å². The third-order valence-electron chi connectivity index (χ3n) is 3.51. The summed E-state index contributed by atoms with van der Waals surface area (Å²) in [6, 6.07) is 6.19. The third-order valence-corrected chi connectivity index (χ3v) is 3.51. The van der Waals surface area contributed by atoms with Crippen molar-refractivity contribution in [1.29, 1.82) is 0 Å². The van der Waals surface area contributed by atoms with Crippen LogP contribution in [0.25, 0.3) is 0 Å². The number of carbonyl (C=O) groups excluding carboxylic acids is 1. The highest BCUT2D eigenvalue weighted by Crippen LogP contribution is 2.21. The molecule has 1 fully saturated rings. The second kappa shape index (κ2) is 6.19. The number of benzene rings is 1. The van der Waals surface area contributed by atoms with Gasteiger partial charge >= 0.3 is 0 Å². The summed E-state index contributed by atoms with van der Waals surface area (Å²) in [5.74, 6) is -0.897. The van der Waals surface area contributed by atoms with Gasteiger partial charge in [0.25, 0.3) is 5.91 Å². The van der Waals surface area contributed by atoms with Gasteiger partial charge in [-0.05, 0) is 31.5 Å². The smallest absolute Gasteiger partial charge is 0.250 e. The summed E-state index contributed by atoms with van der Waals surface area (Å²) in [4.78, 5) is 13.1. The van der Waals surface area contributed by atoms with Crippen LogP contribution in [0.2, 0.25) is 0 Å². The quantitative estimate of drug-likeness (QED) is 0.825. The van der Waals surface area contributed by atoms with Gasteiger partial charge in [-0.25, -0.2) is 4.39 Å². The van der Waals surface area contributed by atoms with Crippen LogP contribution < -0.4 is 10.5 Å². The molecule has 1 aliphatic rings. The highest BCUT2D eigenvalue weighted by atomic mass is 19.1. The number of nitrogens with two attached hydrogens (primary N) is 1. The number of para-hydroxylation sites is 1. The van der Waals surface area contributed by atoms with Crippen molar-refractivity contribution in [2.75, 3.05) is 26.2 Å². The molecule has 1 aromatic rings. The van der Waals surface area contributed by atoms with Crippen LogP contribution in [0, 0.1) is 5.82 Å². The van der Waals surface area contributed by atoms with Gasteiger partial charge in [-0.3, -0.25) is 9.69 Å². The number of carbonyl (C=O) groups is 1. The molecule has 0 saturated carbocycles. The predicted octanol–water partition coefficient (Wildman–Crippen LogP) is 0.517. The summed E-state index contributed by atoms with van der Waals surface area (Å²) >= 11 is 0. The van der Waals surface area contributed by atoms with Crippen LogP contribution in [0.15, 0.2) is 24.3 Å². The number of primary amides is 1. The van der Waals surface area contributed by atoms with Crippen LogP contribution in [0.1, 0.15) is 12.8 Å². The molecular formula is C14H19FN2O3. The standard InChI is InChI=1S/C14H19FN2O3/c15-11-4-1-2-5-12(11)20-9-8-17-7-3-6-14(19,10-17)13(16)18/h1-2,4-5,19H,3,6-10H2,(H2,16,18)/t14-/m0/s1. The minimum Gasteiger partial charge on any atom is -0.489 e. The van der Waals surface area contributed by atoms with Gasteiger partial charge in [0.15, 0.2) is 17.2 Å². The Hall–Kier alpha value is -1.66. The van der Waals surface area contributed by atoms with Gasteiger partial charge in [-0.15, -0.1) is 0 Å². The van der Waals surface area contributed by atoms with E-state index in [1.807, 2.05) is 4.90 Å². The Kier molecular flexibility index (Phi) is 4.57. The average molecular weight is 282 g/mol. The maximum Gasteiger partial charge on any atom is 0.250 e. The van der Waals surface area contributed by atoms with E-state index in [9.17, 15) is 14.3 Å². The molecule has 1 aliphatic heterocycles. The van der Waals surface area contributed by atoms with E-state index in [1.54, 1.807) is 18.2 Å². The zero-order valence-corrected chi connectivity index (χ0v) is 11.2. The second-order valence-electron chi connectivity index (χ2n) is 5.05. The summed E-state index contributed by atoms with van der Waals surface area (Å²) in [6.45, 7) is 1.75. The number of hydrogen-bond acceptors (Lipinski definition) is 4. The van der Waals surface area contributed by atoms with Gasteiger partial charge in [-0.1, -0.05) is 12.1 Å². The largest absolute Gasteiger partial charge is 0.489 e. The van der Waals surface area contributed by atoms with E-state index in [0.29, 0.717) is 19.4 Å². The number of nitrogens with zero attached hydrogens (tertiary/aromatic N) is 1. The number of amides is 1. The molecule has 0 aromatic heterocycles. The molecule has 0 aliphatic carbocycles. The number of aliphatic hydroxyl groups is 1. The van der Waals surface area contributed by atoms with Crippen LogP contribution in [0.4, 0.5) is 4.39 Å². The molecule has 1 amide bonds. The van der Waals surface area contributed by atoms with Gasteiger partial charge in [0.1, 0.15) is 6.61 Å². The number of piperidine rings is 1. The first kappa shape index (κ1) is 14.7. The highest BCUT2D eigenvalue weighted by Gasteiger charge is 2.38. The Balaban J connectivity index is 1.83. The number of rotatable bonds is 5. The van der Waals surface area contributed by atoms with E-state index in [2.05, 4.69) is 0 Å². The summed E-state index contributed by atoms with van der Waals surface area (Å²) in [7, 11) is 0. The van der Waals surface area contributed by atoms with Crippen molar-refractivity contribution in [3.8, 4) is 5.75 Å². The Morgan fingerprint density at radius 1 is 1.50 bits per heavy atom. The lowest BCUT2D eigenvalue weighted by atomic mass is 9.92. The van der Waals surface area contributed by atoms with Gasteiger partial charge in [-0.2, -0.15) is 0 Å². The minimum absolute atomic E-state index is 0.197. The maximum atomic E-state index is 13.3. The first-order chi connectivity index (χ1) is 9.51. The summed E-state index contributed by atoms with van der Waals surface area (Å²) in [5, 5.41) is 10.1. The number of ether oxygens (including phenoxy) is 1. The topological polar surface area (TPSA) is 75.8 Å². The first-order valence-corrected chi connectivity index (χ1v) is 6.63. The molecule has 1 saturated heterocycles. The Morgan fingerprint density at radius 2 is 2.25 bits per heavy atom. The van der Waals surface area contributed by atoms with Crippen molar-refractivity contribution in [3.05, 3.63) is 30.1 Å². The van der Waals surface area contributed by atoms with Crippen molar-refractivity contribution in [1.82, 2.24) is 4.90 Å². The Morgan fingerprint density at radius 3 is 2.95 bits per heavy atom. The SMILES string of the molecule is NC(=O)[C@]1(O)CCCN(CCOc2ccccc2F)C1. The van der Waals surface area contributed by atoms with Crippen molar-refractivity contribution >= 4 is 5.91 Å². The molecule has 0 unspecified atom stereocenters. The van der Waals surface area contributed by atoms with Crippen LogP contribution >= 0.6 is 0 Å². The monoisotopic (exact) mass is 282 g/mol. The molecule has 6 heteroatoms. The summed E-state index contributed by atoms with van der Waals surface area (Å²) in [5.41, 5.74) is 3.74. The number of halogens is 1. The fraction of sp³-hybridized carbons (Fsp3) is 0.500. The fourth-order valence-electron chi connectivity index (χ4n) is 2.36. The van der Waals surface area contributed by atoms with E-state index >= 15 is 0 Å². The number of likely N-dealkylation sites (tertiary alicyclic amines) is 1. The Bertz CT molecular complexity index is 483. The lowest BCUT2D eigenvalue weighted by molar-refractivity contribution is -0.142. The molecule has 0 bridgehead atoms. The van der Waals surface area contributed by atoms with Crippen LogP contribution in [0.5, 0.6) is 5.75 Å². The molecule has 0 spiro atoms. The molecule has 0 radical (unpaired) electrons. The van der Waals surface area contributed by atoms with Gasteiger partial charge in [0.05, 0.1) is 0 Å². The molecule has 1 heterocycles. The van der Waals surface area contributed by atoms with Gasteiger partial charge in [0.2, 0.25) is 0 Å². The van der Waals surface area contributed by atoms with E-state index in [4.69, 9.17) is 10.5 Å². The van der Waals surface area contributed by atoms with Gasteiger partial charge < -0.3 is 15.6 Å². The van der Waals surface area contributed by atoms with Crippen LogP contribution in [0.3, 0.4) is 0 Å². The van der Waals surface area contributed by atoms with E-state index in [0.717, 1.165) is 6.54 Å². The molecule has 1 atom stereocenters. The van der Waals surface area contributed by atoms with E-state index < -0.39 is 17.3 Å². The normalized spacial score (nSPS) is 23.5. The first-order valence-electron chi connectivity index (χ1n) is 6.63. The molecule has 5 nitrogen and oxygen atoms in total. The van der Waals surface area contributed by atoms with Crippen molar-refractivity contribution in [3.63, 3.8) is 0 Å². The zero-order valence-electron chi connectivity index (χ0n) is 11.2. The van der Waals surface area contributed by atoms with Crippen molar-refractivity contribution in [2.24, 2.45) is 5.73 Å². The van der Waals surface area contributed by atoms with E-state index in [-0.39, 0.29) is 18.9 Å². The maximum absolute atomic E-state index is 13.3. The molecule has 2 rings (SSSR count). The predicted molar refractivity (Wildman–Crippen MR) is 71.7 cm³/mol. The lowest BCUT2D eigenvalue weighted by Crippen LogP contribution is -2.56. The molecular weight excluding hydrogens is 263 g/mol. The zero-order chi connectivity index (χ0) is 14.6. The van der Waals surface area contributed by atoms with Crippen LogP contribution in [-0.2, 0) is 4.79 Å². The average Bonchev–Trinajstić information content (AvgIpc) is 2.41. The second-order valence-corrected chi connectivity index (χ2v) is 5.05. The fourth-order valence-corrected chi connectivity index (χ4v) is 2.36. The molecule has 110 valence electrons.